The minimum Gasteiger partial charge on any atom is -0.508 e. The average Bonchev–Trinajstić information content (AvgIpc) is 3.30. The molecule has 0 aliphatic heterocycles. The molecule has 5 nitrogen and oxygen atoms in total. The van der Waals surface area contributed by atoms with Crippen molar-refractivity contribution in [2.75, 3.05) is 0 Å². The standard InChI is InChI=1S/C27H23ClN2O3S/c1-3-5-17-13-21(16-34-27-30-29-26(33-27)18-7-10-22(28)11-8-18)25(32)23(14-17)19-9-12-24(31)20(15-19)6-4-2/h3-4,7-15,31-32H,1-2,5-6,16H2. The summed E-state index contributed by atoms with van der Waals surface area (Å²) in [6.07, 6.45) is 4.74. The normalized spacial score (nSPS) is 10.9. The summed E-state index contributed by atoms with van der Waals surface area (Å²) in [5.41, 5.74) is 4.79. The summed E-state index contributed by atoms with van der Waals surface area (Å²) in [6, 6.07) is 16.4. The quantitative estimate of drug-likeness (QED) is 0.190. The van der Waals surface area contributed by atoms with Gasteiger partial charge in [0, 0.05) is 27.5 Å². The molecule has 4 aromatic rings. The second-order valence-electron chi connectivity index (χ2n) is 7.65. The van der Waals surface area contributed by atoms with Crippen molar-refractivity contribution in [1.29, 1.82) is 0 Å². The van der Waals surface area contributed by atoms with Gasteiger partial charge in [0.05, 0.1) is 0 Å². The number of hydrogen-bond donors (Lipinski definition) is 2. The molecular weight excluding hydrogens is 468 g/mol. The van der Waals surface area contributed by atoms with Gasteiger partial charge in [-0.3, -0.25) is 0 Å². The average molecular weight is 491 g/mol. The Kier molecular flexibility index (Phi) is 7.40. The summed E-state index contributed by atoms with van der Waals surface area (Å²) in [4.78, 5) is 0. The van der Waals surface area contributed by atoms with Gasteiger partial charge >= 0.3 is 0 Å². The smallest absolute Gasteiger partial charge is 0.277 e. The predicted octanol–water partition coefficient (Wildman–Crippen LogP) is 7.22. The zero-order valence-corrected chi connectivity index (χ0v) is 19.9. The molecule has 3 aromatic carbocycles. The topological polar surface area (TPSA) is 79.4 Å². The van der Waals surface area contributed by atoms with Crippen molar-refractivity contribution in [3.63, 3.8) is 0 Å². The van der Waals surface area contributed by atoms with Crippen molar-refractivity contribution in [1.82, 2.24) is 10.2 Å². The second kappa shape index (κ2) is 10.6. The lowest BCUT2D eigenvalue weighted by Gasteiger charge is -2.14. The summed E-state index contributed by atoms with van der Waals surface area (Å²) in [7, 11) is 0. The molecule has 0 atom stereocenters. The third-order valence-corrected chi connectivity index (χ3v) is 6.35. The van der Waals surface area contributed by atoms with E-state index < -0.39 is 0 Å². The zero-order chi connectivity index (χ0) is 24.1. The fourth-order valence-corrected chi connectivity index (χ4v) is 4.43. The Hall–Kier alpha value is -3.48. The number of allylic oxidation sites excluding steroid dienone is 2. The summed E-state index contributed by atoms with van der Waals surface area (Å²) in [5, 5.41) is 30.5. The van der Waals surface area contributed by atoms with Crippen LogP contribution < -0.4 is 0 Å². The number of aromatic nitrogens is 2. The lowest BCUT2D eigenvalue weighted by atomic mass is 9.95. The van der Waals surface area contributed by atoms with Crippen molar-refractivity contribution in [2.24, 2.45) is 0 Å². The third-order valence-electron chi connectivity index (χ3n) is 5.23. The highest BCUT2D eigenvalue weighted by molar-refractivity contribution is 7.98. The number of nitrogens with zero attached hydrogens (tertiary/aromatic N) is 2. The van der Waals surface area contributed by atoms with E-state index in [1.54, 1.807) is 30.3 Å². The highest BCUT2D eigenvalue weighted by Crippen LogP contribution is 2.38. The molecule has 172 valence electrons. The summed E-state index contributed by atoms with van der Waals surface area (Å²) < 4.78 is 5.78. The van der Waals surface area contributed by atoms with Crippen LogP contribution in [0.15, 0.2) is 89.5 Å². The van der Waals surface area contributed by atoms with Crippen LogP contribution in [0.5, 0.6) is 11.5 Å². The van der Waals surface area contributed by atoms with Gasteiger partial charge in [-0.25, -0.2) is 0 Å². The zero-order valence-electron chi connectivity index (χ0n) is 18.4. The highest BCUT2D eigenvalue weighted by Gasteiger charge is 2.16. The number of hydrogen-bond acceptors (Lipinski definition) is 6. The number of rotatable bonds is 9. The van der Waals surface area contributed by atoms with E-state index in [4.69, 9.17) is 16.0 Å². The van der Waals surface area contributed by atoms with Gasteiger partial charge in [0.15, 0.2) is 0 Å². The van der Waals surface area contributed by atoms with E-state index in [2.05, 4.69) is 23.4 Å². The van der Waals surface area contributed by atoms with Crippen molar-refractivity contribution >= 4 is 23.4 Å². The third kappa shape index (κ3) is 5.35. The molecule has 0 fully saturated rings. The summed E-state index contributed by atoms with van der Waals surface area (Å²) in [5.74, 6) is 1.22. The number of thioether (sulfide) groups is 1. The Balaban J connectivity index is 1.62. The van der Waals surface area contributed by atoms with Gasteiger partial charge in [0.1, 0.15) is 11.5 Å². The van der Waals surface area contributed by atoms with Crippen LogP contribution in [0.2, 0.25) is 5.02 Å². The van der Waals surface area contributed by atoms with Gasteiger partial charge < -0.3 is 14.6 Å². The van der Waals surface area contributed by atoms with Crippen molar-refractivity contribution in [3.8, 4) is 34.1 Å². The monoisotopic (exact) mass is 490 g/mol. The van der Waals surface area contributed by atoms with Crippen LogP contribution in [0.3, 0.4) is 0 Å². The first-order valence-electron chi connectivity index (χ1n) is 10.6. The van der Waals surface area contributed by atoms with E-state index in [1.165, 1.54) is 11.8 Å². The maximum absolute atomic E-state index is 11.1. The van der Waals surface area contributed by atoms with E-state index in [0.717, 1.165) is 27.8 Å². The molecule has 0 bridgehead atoms. The highest BCUT2D eigenvalue weighted by atomic mass is 35.5. The Labute approximate surface area is 207 Å². The Morgan fingerprint density at radius 2 is 1.62 bits per heavy atom. The molecule has 7 heteroatoms. The number of phenols is 2. The fraction of sp³-hybridized carbons (Fsp3) is 0.111. The van der Waals surface area contributed by atoms with Crippen LogP contribution in [0.25, 0.3) is 22.6 Å². The summed E-state index contributed by atoms with van der Waals surface area (Å²) >= 11 is 7.29. The number of benzene rings is 3. The summed E-state index contributed by atoms with van der Waals surface area (Å²) in [6.45, 7) is 7.59. The Morgan fingerprint density at radius 3 is 2.35 bits per heavy atom. The molecular formula is C27H23ClN2O3S. The molecule has 0 aliphatic carbocycles. The van der Waals surface area contributed by atoms with Crippen LogP contribution in [0, 0.1) is 0 Å². The van der Waals surface area contributed by atoms with E-state index >= 15 is 0 Å². The van der Waals surface area contributed by atoms with Gasteiger partial charge in [-0.15, -0.1) is 23.4 Å². The van der Waals surface area contributed by atoms with Gasteiger partial charge in [-0.1, -0.05) is 47.6 Å². The van der Waals surface area contributed by atoms with E-state index in [9.17, 15) is 10.2 Å². The van der Waals surface area contributed by atoms with Crippen LogP contribution in [0.1, 0.15) is 16.7 Å². The lowest BCUT2D eigenvalue weighted by Crippen LogP contribution is -1.93. The van der Waals surface area contributed by atoms with Gasteiger partial charge in [0.25, 0.3) is 5.22 Å². The minimum atomic E-state index is 0.174. The minimum absolute atomic E-state index is 0.174. The van der Waals surface area contributed by atoms with Gasteiger partial charge in [0.2, 0.25) is 5.89 Å². The van der Waals surface area contributed by atoms with Gasteiger partial charge in [-0.2, -0.15) is 0 Å². The molecule has 0 unspecified atom stereocenters. The first kappa shape index (κ1) is 23.7. The molecule has 34 heavy (non-hydrogen) atoms. The van der Waals surface area contributed by atoms with E-state index in [0.29, 0.717) is 40.3 Å². The first-order chi connectivity index (χ1) is 16.5. The molecule has 0 aliphatic rings. The molecule has 0 saturated heterocycles. The maximum atomic E-state index is 11.1. The van der Waals surface area contributed by atoms with Crippen molar-refractivity contribution in [3.05, 3.63) is 102 Å². The Bertz CT molecular complexity index is 1330. The van der Waals surface area contributed by atoms with Crippen LogP contribution in [0.4, 0.5) is 0 Å². The second-order valence-corrected chi connectivity index (χ2v) is 9.01. The lowest BCUT2D eigenvalue weighted by molar-refractivity contribution is 0.464. The Morgan fingerprint density at radius 1 is 0.882 bits per heavy atom. The predicted molar refractivity (Wildman–Crippen MR) is 137 cm³/mol. The molecule has 0 spiro atoms. The molecule has 0 radical (unpaired) electrons. The fourth-order valence-electron chi connectivity index (χ4n) is 3.56. The van der Waals surface area contributed by atoms with E-state index in [-0.39, 0.29) is 11.5 Å². The van der Waals surface area contributed by atoms with Crippen LogP contribution in [-0.2, 0) is 18.6 Å². The van der Waals surface area contributed by atoms with Crippen molar-refractivity contribution < 1.29 is 14.6 Å². The number of halogens is 1. The molecule has 1 aromatic heterocycles. The molecule has 0 saturated carbocycles. The first-order valence-corrected chi connectivity index (χ1v) is 12.0. The largest absolute Gasteiger partial charge is 0.508 e. The molecule has 1 heterocycles. The number of aromatic hydroxyl groups is 2. The SMILES string of the molecule is C=CCc1cc(CSc2nnc(-c3ccc(Cl)cc3)o2)c(O)c(-c2ccc(O)c(CC=C)c2)c1. The molecule has 4 rings (SSSR count). The van der Waals surface area contributed by atoms with Crippen molar-refractivity contribution in [2.45, 2.75) is 23.8 Å². The van der Waals surface area contributed by atoms with E-state index in [1.807, 2.05) is 36.4 Å². The maximum Gasteiger partial charge on any atom is 0.277 e. The van der Waals surface area contributed by atoms with Gasteiger partial charge in [-0.05, 0) is 72.0 Å². The molecule has 2 N–H and O–H groups in total. The molecule has 0 amide bonds. The number of phenolic OH excluding ortho intramolecular Hbond substituents is 2. The van der Waals surface area contributed by atoms with Crippen LogP contribution >= 0.6 is 23.4 Å². The van der Waals surface area contributed by atoms with Crippen LogP contribution in [-0.4, -0.2) is 20.4 Å².